The second-order valence-corrected chi connectivity index (χ2v) is 8.86. The second kappa shape index (κ2) is 6.99. The summed E-state index contributed by atoms with van der Waals surface area (Å²) in [6.45, 7) is 0.541. The molecule has 5 heteroatoms. The zero-order chi connectivity index (χ0) is 20.1. The number of amides is 2. The summed E-state index contributed by atoms with van der Waals surface area (Å²) < 4.78 is 0. The second-order valence-electron chi connectivity index (χ2n) is 8.86. The minimum absolute atomic E-state index is 0.00563. The molecule has 3 unspecified atom stereocenters. The van der Waals surface area contributed by atoms with Gasteiger partial charge in [-0.15, -0.1) is 0 Å². The van der Waals surface area contributed by atoms with E-state index in [-0.39, 0.29) is 6.04 Å². The summed E-state index contributed by atoms with van der Waals surface area (Å²) >= 11 is 0. The molecule has 150 valence electrons. The van der Waals surface area contributed by atoms with E-state index >= 15 is 0 Å². The minimum atomic E-state index is -0.497. The number of carbonyl (C=O) groups is 2. The van der Waals surface area contributed by atoms with Crippen molar-refractivity contribution in [1.82, 2.24) is 4.90 Å². The highest BCUT2D eigenvalue weighted by molar-refractivity contribution is 5.87. The molecule has 1 saturated heterocycles. The number of nitrogens with two attached hydrogens (primary N) is 2. The van der Waals surface area contributed by atoms with Crippen molar-refractivity contribution in [2.24, 2.45) is 29.2 Å². The van der Waals surface area contributed by atoms with Gasteiger partial charge in [-0.1, -0.05) is 60.7 Å². The van der Waals surface area contributed by atoms with Crippen molar-refractivity contribution in [3.8, 4) is 0 Å². The van der Waals surface area contributed by atoms with Gasteiger partial charge in [0.1, 0.15) is 0 Å². The van der Waals surface area contributed by atoms with Crippen LogP contribution in [0, 0.1) is 17.8 Å². The fraction of sp³-hybridized carbons (Fsp3) is 0.417. The molecule has 3 fully saturated rings. The first-order valence-electron chi connectivity index (χ1n) is 10.5. The zero-order valence-corrected chi connectivity index (χ0v) is 16.4. The lowest BCUT2D eigenvalue weighted by Crippen LogP contribution is -2.43. The maximum atomic E-state index is 12.4. The molecular formula is C24H27N3O2. The predicted molar refractivity (Wildman–Crippen MR) is 111 cm³/mol. The Labute approximate surface area is 171 Å². The number of hydrogen-bond acceptors (Lipinski definition) is 3. The SMILES string of the molecule is NC(=O)C1CN([C@H]2C[C@@H]2c2ccccc2)C([C@H]2C[C@H]2c2ccccc2)C1C(N)=O. The number of hydrogen-bond donors (Lipinski definition) is 2. The Balaban J connectivity index is 1.43. The van der Waals surface area contributed by atoms with Crippen LogP contribution in [0.3, 0.4) is 0 Å². The van der Waals surface area contributed by atoms with E-state index in [1.54, 1.807) is 0 Å². The lowest BCUT2D eigenvalue weighted by molar-refractivity contribution is -0.130. The van der Waals surface area contributed by atoms with E-state index in [9.17, 15) is 9.59 Å². The standard InChI is InChI=1S/C24H27N3O2/c25-23(28)19-13-27(20-12-17(20)15-9-5-2-6-10-15)22(21(19)24(26)29)18-11-16(18)14-7-3-1-4-8-14/h1-10,16-22H,11-13H2,(H2,25,28)(H2,26,29)/t16-,17+,18-,19?,20-,21?,22?/m0/s1. The van der Waals surface area contributed by atoms with Crippen molar-refractivity contribution in [3.63, 3.8) is 0 Å². The third-order valence-corrected chi connectivity index (χ3v) is 7.20. The van der Waals surface area contributed by atoms with Crippen LogP contribution in [0.2, 0.25) is 0 Å². The highest BCUT2D eigenvalue weighted by atomic mass is 16.2. The van der Waals surface area contributed by atoms with Gasteiger partial charge in [0.2, 0.25) is 11.8 Å². The van der Waals surface area contributed by atoms with Crippen LogP contribution in [-0.2, 0) is 9.59 Å². The zero-order valence-electron chi connectivity index (χ0n) is 16.4. The van der Waals surface area contributed by atoms with Crippen LogP contribution in [0.5, 0.6) is 0 Å². The first-order valence-corrected chi connectivity index (χ1v) is 10.5. The van der Waals surface area contributed by atoms with Gasteiger partial charge in [0.25, 0.3) is 0 Å². The summed E-state index contributed by atoms with van der Waals surface area (Å²) in [6.07, 6.45) is 2.09. The van der Waals surface area contributed by atoms with Gasteiger partial charge < -0.3 is 11.5 Å². The van der Waals surface area contributed by atoms with Crippen molar-refractivity contribution < 1.29 is 9.59 Å². The molecule has 0 radical (unpaired) electrons. The van der Waals surface area contributed by atoms with Crippen LogP contribution in [0.15, 0.2) is 60.7 Å². The monoisotopic (exact) mass is 389 g/mol. The first kappa shape index (κ1) is 18.4. The van der Waals surface area contributed by atoms with Crippen molar-refractivity contribution in [3.05, 3.63) is 71.8 Å². The molecule has 2 aromatic carbocycles. The summed E-state index contributed by atoms with van der Waals surface area (Å²) in [5.41, 5.74) is 14.2. The maximum Gasteiger partial charge on any atom is 0.222 e. The molecule has 5 rings (SSSR count). The largest absolute Gasteiger partial charge is 0.369 e. The summed E-state index contributed by atoms with van der Waals surface area (Å²) in [5, 5.41) is 0. The van der Waals surface area contributed by atoms with Crippen molar-refractivity contribution in [2.75, 3.05) is 6.54 Å². The molecule has 0 bridgehead atoms. The Bertz CT molecular complexity index is 916. The summed E-state index contributed by atoms with van der Waals surface area (Å²) in [6, 6.07) is 21.3. The molecule has 0 spiro atoms. The fourth-order valence-corrected chi connectivity index (χ4v) is 5.69. The van der Waals surface area contributed by atoms with Crippen LogP contribution in [0.25, 0.3) is 0 Å². The summed E-state index contributed by atoms with van der Waals surface area (Å²) in [7, 11) is 0. The van der Waals surface area contributed by atoms with Crippen molar-refractivity contribution in [2.45, 2.75) is 36.8 Å². The smallest absolute Gasteiger partial charge is 0.222 e. The molecule has 2 amide bonds. The topological polar surface area (TPSA) is 89.4 Å². The van der Waals surface area contributed by atoms with Crippen LogP contribution in [0.4, 0.5) is 0 Å². The average Bonchev–Trinajstić information content (AvgIpc) is 3.65. The van der Waals surface area contributed by atoms with Gasteiger partial charge in [0.15, 0.2) is 0 Å². The highest BCUT2D eigenvalue weighted by Gasteiger charge is 2.61. The molecule has 29 heavy (non-hydrogen) atoms. The Kier molecular flexibility index (Phi) is 4.43. The first-order chi connectivity index (χ1) is 14.1. The van der Waals surface area contributed by atoms with Crippen molar-refractivity contribution in [1.29, 1.82) is 0 Å². The molecule has 3 aliphatic rings. The van der Waals surface area contributed by atoms with E-state index in [1.807, 2.05) is 12.1 Å². The molecule has 2 aromatic rings. The van der Waals surface area contributed by atoms with Gasteiger partial charge in [0.05, 0.1) is 11.8 Å². The van der Waals surface area contributed by atoms with E-state index in [2.05, 4.69) is 53.4 Å². The molecule has 4 N–H and O–H groups in total. The quantitative estimate of drug-likeness (QED) is 0.794. The van der Waals surface area contributed by atoms with Crippen molar-refractivity contribution >= 4 is 11.8 Å². The third kappa shape index (κ3) is 3.23. The van der Waals surface area contributed by atoms with Gasteiger partial charge in [-0.3, -0.25) is 14.5 Å². The minimum Gasteiger partial charge on any atom is -0.369 e. The van der Waals surface area contributed by atoms with E-state index in [1.165, 1.54) is 11.1 Å². The molecular weight excluding hydrogens is 362 g/mol. The number of rotatable bonds is 6. The van der Waals surface area contributed by atoms with Crippen LogP contribution >= 0.6 is 0 Å². The number of carbonyl (C=O) groups excluding carboxylic acids is 2. The number of nitrogens with zero attached hydrogens (tertiary/aromatic N) is 1. The van der Waals surface area contributed by atoms with E-state index in [0.29, 0.717) is 30.3 Å². The van der Waals surface area contributed by atoms with Crippen LogP contribution in [-0.4, -0.2) is 35.3 Å². The van der Waals surface area contributed by atoms with E-state index in [0.717, 1.165) is 12.8 Å². The average molecular weight is 389 g/mol. The van der Waals surface area contributed by atoms with E-state index < -0.39 is 23.7 Å². The highest BCUT2D eigenvalue weighted by Crippen LogP contribution is 2.58. The normalized spacial score (nSPS) is 35.9. The van der Waals surface area contributed by atoms with E-state index in [4.69, 9.17) is 11.5 Å². The number of primary amides is 2. The Morgan fingerprint density at radius 3 is 1.93 bits per heavy atom. The molecule has 2 aliphatic carbocycles. The molecule has 1 heterocycles. The third-order valence-electron chi connectivity index (χ3n) is 7.20. The Morgan fingerprint density at radius 2 is 1.38 bits per heavy atom. The lowest BCUT2D eigenvalue weighted by atomic mass is 9.86. The Hall–Kier alpha value is -2.66. The van der Waals surface area contributed by atoms with Gasteiger partial charge in [0, 0.05) is 24.5 Å². The summed E-state index contributed by atoms with van der Waals surface area (Å²) in [5.74, 6) is -0.572. The van der Waals surface area contributed by atoms with Gasteiger partial charge in [-0.25, -0.2) is 0 Å². The van der Waals surface area contributed by atoms with Gasteiger partial charge in [-0.2, -0.15) is 0 Å². The van der Waals surface area contributed by atoms with Crippen LogP contribution in [0.1, 0.15) is 35.8 Å². The molecule has 0 aromatic heterocycles. The number of benzene rings is 2. The lowest BCUT2D eigenvalue weighted by Gasteiger charge is -2.28. The van der Waals surface area contributed by atoms with Crippen LogP contribution < -0.4 is 11.5 Å². The fourth-order valence-electron chi connectivity index (χ4n) is 5.69. The summed E-state index contributed by atoms with van der Waals surface area (Å²) in [4.78, 5) is 27.0. The molecule has 5 nitrogen and oxygen atoms in total. The molecule has 7 atom stereocenters. The van der Waals surface area contributed by atoms with Gasteiger partial charge >= 0.3 is 0 Å². The molecule has 2 saturated carbocycles. The number of likely N-dealkylation sites (tertiary alicyclic amines) is 1. The maximum absolute atomic E-state index is 12.4. The Morgan fingerprint density at radius 1 is 0.793 bits per heavy atom. The molecule has 1 aliphatic heterocycles. The van der Waals surface area contributed by atoms with Gasteiger partial charge in [-0.05, 0) is 35.8 Å². The predicted octanol–water partition coefficient (Wildman–Crippen LogP) is 2.23.